The molecule has 0 radical (unpaired) electrons. The van der Waals surface area contributed by atoms with Gasteiger partial charge in [0.15, 0.2) is 5.69 Å². The van der Waals surface area contributed by atoms with E-state index in [1.165, 1.54) is 31.2 Å². The summed E-state index contributed by atoms with van der Waals surface area (Å²) in [7, 11) is 0. The third-order valence-electron chi connectivity index (χ3n) is 2.73. The quantitative estimate of drug-likeness (QED) is 0.922. The van der Waals surface area contributed by atoms with Gasteiger partial charge in [-0.15, -0.1) is 0 Å². The molecule has 2 aromatic rings. The molecule has 1 aromatic heterocycles. The normalized spacial score (nSPS) is 11.9. The van der Waals surface area contributed by atoms with Gasteiger partial charge in [0.25, 0.3) is 0 Å². The number of alkyl halides is 3. The summed E-state index contributed by atoms with van der Waals surface area (Å²) in [4.78, 5) is 0. The molecule has 0 unspecified atom stereocenters. The van der Waals surface area contributed by atoms with Crippen molar-refractivity contribution in [3.8, 4) is 5.69 Å². The number of aromatic nitrogens is 2. The second-order valence-electron chi connectivity index (χ2n) is 4.00. The highest BCUT2D eigenvalue weighted by molar-refractivity contribution is 6.30. The molecule has 19 heavy (non-hydrogen) atoms. The zero-order valence-electron chi connectivity index (χ0n) is 10.0. The van der Waals surface area contributed by atoms with Crippen LogP contribution in [0.15, 0.2) is 24.3 Å². The Balaban J connectivity index is 2.67. The summed E-state index contributed by atoms with van der Waals surface area (Å²) in [5.74, 6) is 0. The number of aryl methyl sites for hydroxylation is 1. The zero-order valence-corrected chi connectivity index (χ0v) is 10.8. The maximum atomic E-state index is 13.1. The van der Waals surface area contributed by atoms with E-state index >= 15 is 0 Å². The van der Waals surface area contributed by atoms with E-state index in [2.05, 4.69) is 5.10 Å². The van der Waals surface area contributed by atoms with Crippen molar-refractivity contribution in [2.75, 3.05) is 0 Å². The van der Waals surface area contributed by atoms with Crippen LogP contribution in [-0.4, -0.2) is 9.78 Å². The molecule has 2 N–H and O–H groups in total. The Morgan fingerprint density at radius 1 is 1.26 bits per heavy atom. The third-order valence-corrected chi connectivity index (χ3v) is 2.98. The molecular formula is C12H11ClF3N3. The Hall–Kier alpha value is -1.53. The minimum Gasteiger partial charge on any atom is -0.326 e. The third kappa shape index (κ3) is 2.59. The molecule has 2 rings (SSSR count). The Morgan fingerprint density at radius 2 is 1.84 bits per heavy atom. The van der Waals surface area contributed by atoms with Crippen molar-refractivity contribution < 1.29 is 13.2 Å². The lowest BCUT2D eigenvalue weighted by atomic mass is 10.2. The molecule has 0 aliphatic carbocycles. The van der Waals surface area contributed by atoms with Crippen molar-refractivity contribution in [1.29, 1.82) is 0 Å². The van der Waals surface area contributed by atoms with Gasteiger partial charge in [0, 0.05) is 17.1 Å². The monoisotopic (exact) mass is 289 g/mol. The lowest BCUT2D eigenvalue weighted by Crippen LogP contribution is -2.16. The fourth-order valence-corrected chi connectivity index (χ4v) is 1.99. The number of hydrogen-bond donors (Lipinski definition) is 1. The summed E-state index contributed by atoms with van der Waals surface area (Å²) in [6, 6.07) is 5.97. The van der Waals surface area contributed by atoms with Gasteiger partial charge >= 0.3 is 6.18 Å². The first-order valence-corrected chi connectivity index (χ1v) is 5.84. The van der Waals surface area contributed by atoms with Gasteiger partial charge in [-0.1, -0.05) is 11.6 Å². The van der Waals surface area contributed by atoms with Gasteiger partial charge in [-0.05, 0) is 31.2 Å². The molecule has 0 fully saturated rings. The molecule has 1 aromatic carbocycles. The number of halogens is 4. The van der Waals surface area contributed by atoms with Gasteiger partial charge in [0.1, 0.15) is 0 Å². The smallest absolute Gasteiger partial charge is 0.326 e. The lowest BCUT2D eigenvalue weighted by molar-refractivity contribution is -0.143. The maximum absolute atomic E-state index is 13.1. The first kappa shape index (κ1) is 13.9. The van der Waals surface area contributed by atoms with Crippen LogP contribution >= 0.6 is 11.6 Å². The maximum Gasteiger partial charge on any atom is 0.433 e. The number of hydrogen-bond acceptors (Lipinski definition) is 2. The molecule has 102 valence electrons. The summed E-state index contributed by atoms with van der Waals surface area (Å²) in [5, 5.41) is 4.37. The van der Waals surface area contributed by atoms with Crippen molar-refractivity contribution in [2.24, 2.45) is 5.73 Å². The molecule has 0 bridgehead atoms. The fraction of sp³-hybridized carbons (Fsp3) is 0.250. The molecular weight excluding hydrogens is 279 g/mol. The number of nitrogens with zero attached hydrogens (tertiary/aromatic N) is 2. The topological polar surface area (TPSA) is 43.8 Å². The first-order valence-electron chi connectivity index (χ1n) is 5.46. The van der Waals surface area contributed by atoms with Crippen molar-refractivity contribution in [2.45, 2.75) is 19.6 Å². The highest BCUT2D eigenvalue weighted by Gasteiger charge is 2.39. The largest absolute Gasteiger partial charge is 0.433 e. The summed E-state index contributed by atoms with van der Waals surface area (Å²) in [6.07, 6.45) is -4.52. The Morgan fingerprint density at radius 3 is 2.32 bits per heavy atom. The van der Waals surface area contributed by atoms with E-state index in [4.69, 9.17) is 17.3 Å². The average molecular weight is 290 g/mol. The average Bonchev–Trinajstić information content (AvgIpc) is 2.66. The van der Waals surface area contributed by atoms with Gasteiger partial charge in [0.05, 0.1) is 11.4 Å². The van der Waals surface area contributed by atoms with Gasteiger partial charge in [-0.25, -0.2) is 4.68 Å². The van der Waals surface area contributed by atoms with Crippen LogP contribution in [0.25, 0.3) is 5.69 Å². The predicted octanol–water partition coefficient (Wildman–Crippen LogP) is 3.31. The minimum absolute atomic E-state index is 0.00227. The van der Waals surface area contributed by atoms with Crippen LogP contribution in [0.2, 0.25) is 5.02 Å². The Bertz CT molecular complexity index is 588. The second-order valence-corrected chi connectivity index (χ2v) is 4.44. The van der Waals surface area contributed by atoms with Crippen molar-refractivity contribution >= 4 is 11.6 Å². The van der Waals surface area contributed by atoms with E-state index in [-0.39, 0.29) is 17.8 Å². The molecule has 0 saturated carbocycles. The fourth-order valence-electron chi connectivity index (χ4n) is 1.86. The van der Waals surface area contributed by atoms with Gasteiger partial charge < -0.3 is 5.73 Å². The summed E-state index contributed by atoms with van der Waals surface area (Å²) in [6.45, 7) is 1.29. The SMILES string of the molecule is Cc1nn(-c2ccc(Cl)cc2)c(C(F)(F)F)c1CN. The number of rotatable bonds is 2. The first-order chi connectivity index (χ1) is 8.84. The molecule has 3 nitrogen and oxygen atoms in total. The van der Waals surface area contributed by atoms with Crippen molar-refractivity contribution in [1.82, 2.24) is 9.78 Å². The second kappa shape index (κ2) is 4.86. The Kier molecular flexibility index (Phi) is 3.56. The number of nitrogens with two attached hydrogens (primary N) is 1. The van der Waals surface area contributed by atoms with E-state index in [9.17, 15) is 13.2 Å². The van der Waals surface area contributed by atoms with Crippen LogP contribution < -0.4 is 5.73 Å². The van der Waals surface area contributed by atoms with Gasteiger partial charge in [-0.2, -0.15) is 18.3 Å². The summed E-state index contributed by atoms with van der Waals surface area (Å²) < 4.78 is 40.3. The molecule has 0 amide bonds. The van der Waals surface area contributed by atoms with E-state index < -0.39 is 11.9 Å². The van der Waals surface area contributed by atoms with E-state index in [1.807, 2.05) is 0 Å². The highest BCUT2D eigenvalue weighted by Crippen LogP contribution is 2.35. The van der Waals surface area contributed by atoms with Crippen LogP contribution in [-0.2, 0) is 12.7 Å². The van der Waals surface area contributed by atoms with Crippen LogP contribution in [0.5, 0.6) is 0 Å². The van der Waals surface area contributed by atoms with Gasteiger partial charge in [-0.3, -0.25) is 0 Å². The molecule has 7 heteroatoms. The highest BCUT2D eigenvalue weighted by atomic mass is 35.5. The molecule has 1 heterocycles. The number of benzene rings is 1. The van der Waals surface area contributed by atoms with Crippen LogP contribution in [0.4, 0.5) is 13.2 Å². The van der Waals surface area contributed by atoms with E-state index in [0.717, 1.165) is 4.68 Å². The van der Waals surface area contributed by atoms with E-state index in [1.54, 1.807) is 0 Å². The minimum atomic E-state index is -4.52. The lowest BCUT2D eigenvalue weighted by Gasteiger charge is -2.12. The standard InChI is InChI=1S/C12H11ClF3N3/c1-7-10(6-17)11(12(14,15)16)19(18-7)9-4-2-8(13)3-5-9/h2-5H,6,17H2,1H3. The van der Waals surface area contributed by atoms with E-state index in [0.29, 0.717) is 10.7 Å². The molecule has 0 aliphatic rings. The van der Waals surface area contributed by atoms with Crippen molar-refractivity contribution in [3.05, 3.63) is 46.2 Å². The van der Waals surface area contributed by atoms with Crippen LogP contribution in [0.1, 0.15) is 17.0 Å². The summed E-state index contributed by atoms with van der Waals surface area (Å²) in [5.41, 5.74) is 5.11. The predicted molar refractivity (Wildman–Crippen MR) is 66.2 cm³/mol. The molecule has 0 saturated heterocycles. The molecule has 0 aliphatic heterocycles. The van der Waals surface area contributed by atoms with Gasteiger partial charge in [0.2, 0.25) is 0 Å². The Labute approximate surface area is 112 Å². The van der Waals surface area contributed by atoms with Crippen LogP contribution in [0.3, 0.4) is 0 Å². The zero-order chi connectivity index (χ0) is 14.2. The van der Waals surface area contributed by atoms with Crippen molar-refractivity contribution in [3.63, 3.8) is 0 Å². The summed E-state index contributed by atoms with van der Waals surface area (Å²) >= 11 is 5.72. The van der Waals surface area contributed by atoms with Crippen LogP contribution in [0, 0.1) is 6.92 Å². The molecule has 0 atom stereocenters. The molecule has 0 spiro atoms.